The summed E-state index contributed by atoms with van der Waals surface area (Å²) >= 11 is 0. The van der Waals surface area contributed by atoms with E-state index in [9.17, 15) is 5.11 Å². The normalized spacial score (nSPS) is 19.8. The number of aromatic nitrogens is 2. The Hall–Kier alpha value is -0.870. The molecular weight excluding hydrogens is 166 g/mol. The van der Waals surface area contributed by atoms with E-state index in [-0.39, 0.29) is 0 Å². The van der Waals surface area contributed by atoms with E-state index in [1.807, 2.05) is 17.1 Å². The van der Waals surface area contributed by atoms with Crippen molar-refractivity contribution in [1.82, 2.24) is 15.1 Å². The number of β-amino-alcohol motifs (C(OH)–C–C–N with tert-alkyl or cyclic N) is 1. The minimum Gasteiger partial charge on any atom is -0.387 e. The van der Waals surface area contributed by atoms with Gasteiger partial charge in [-0.05, 0) is 12.5 Å². The van der Waals surface area contributed by atoms with Gasteiger partial charge in [0.2, 0.25) is 0 Å². The summed E-state index contributed by atoms with van der Waals surface area (Å²) in [6, 6.07) is 0. The van der Waals surface area contributed by atoms with Gasteiger partial charge >= 0.3 is 0 Å². The second-order valence-corrected chi connectivity index (χ2v) is 3.71. The van der Waals surface area contributed by atoms with Gasteiger partial charge in [-0.3, -0.25) is 4.68 Å². The molecule has 1 saturated heterocycles. The van der Waals surface area contributed by atoms with Crippen molar-refractivity contribution in [2.45, 2.75) is 25.5 Å². The summed E-state index contributed by atoms with van der Waals surface area (Å²) in [5, 5.41) is 17.1. The minimum absolute atomic E-state index is 0.526. The van der Waals surface area contributed by atoms with Crippen LogP contribution in [0.2, 0.25) is 0 Å². The molecule has 0 radical (unpaired) electrons. The summed E-state index contributed by atoms with van der Waals surface area (Å²) in [5.41, 5.74) is 0.590. The van der Waals surface area contributed by atoms with E-state index in [0.717, 1.165) is 12.1 Å². The summed E-state index contributed by atoms with van der Waals surface area (Å²) in [4.78, 5) is 0. The number of nitrogens with one attached hydrogen (secondary N) is 1. The summed E-state index contributed by atoms with van der Waals surface area (Å²) in [6.07, 6.45) is 4.54. The molecule has 1 aliphatic rings. The molecule has 13 heavy (non-hydrogen) atoms. The number of rotatable bonds is 3. The van der Waals surface area contributed by atoms with Gasteiger partial charge in [-0.1, -0.05) is 0 Å². The van der Waals surface area contributed by atoms with Crippen molar-refractivity contribution in [1.29, 1.82) is 0 Å². The molecule has 2 rings (SSSR count). The van der Waals surface area contributed by atoms with Crippen LogP contribution in [0.15, 0.2) is 12.4 Å². The molecule has 0 aromatic carbocycles. The fraction of sp³-hybridized carbons (Fsp3) is 0.667. The van der Waals surface area contributed by atoms with Crippen molar-refractivity contribution in [3.05, 3.63) is 18.0 Å². The first-order valence-corrected chi connectivity index (χ1v) is 4.66. The smallest absolute Gasteiger partial charge is 0.0936 e. The first kappa shape index (κ1) is 8.72. The van der Waals surface area contributed by atoms with Crippen molar-refractivity contribution in [2.75, 3.05) is 13.1 Å². The van der Waals surface area contributed by atoms with E-state index < -0.39 is 5.60 Å². The van der Waals surface area contributed by atoms with Gasteiger partial charge in [0.05, 0.1) is 11.8 Å². The Balaban J connectivity index is 2.01. The summed E-state index contributed by atoms with van der Waals surface area (Å²) in [6.45, 7) is 4.34. The lowest BCUT2D eigenvalue weighted by Crippen LogP contribution is -2.60. The van der Waals surface area contributed by atoms with E-state index in [2.05, 4.69) is 17.3 Å². The van der Waals surface area contributed by atoms with Crippen molar-refractivity contribution in [3.8, 4) is 0 Å². The zero-order chi connectivity index (χ0) is 9.31. The average Bonchev–Trinajstić information content (AvgIpc) is 2.49. The molecule has 0 spiro atoms. The van der Waals surface area contributed by atoms with E-state index in [4.69, 9.17) is 0 Å². The largest absolute Gasteiger partial charge is 0.387 e. The van der Waals surface area contributed by atoms with Crippen LogP contribution in [0.1, 0.15) is 12.5 Å². The molecule has 0 amide bonds. The van der Waals surface area contributed by atoms with Crippen molar-refractivity contribution in [3.63, 3.8) is 0 Å². The van der Waals surface area contributed by atoms with Crippen LogP contribution < -0.4 is 5.32 Å². The number of aliphatic hydroxyl groups is 1. The highest BCUT2D eigenvalue weighted by atomic mass is 16.3. The van der Waals surface area contributed by atoms with Crippen LogP contribution >= 0.6 is 0 Å². The molecule has 0 unspecified atom stereocenters. The Kier molecular flexibility index (Phi) is 2.09. The SMILES string of the molecule is CCn1cc(CC2(O)CNC2)cn1. The molecule has 4 nitrogen and oxygen atoms in total. The third-order valence-corrected chi connectivity index (χ3v) is 2.45. The van der Waals surface area contributed by atoms with E-state index >= 15 is 0 Å². The molecular formula is C9H15N3O. The van der Waals surface area contributed by atoms with Gasteiger partial charge in [-0.2, -0.15) is 5.10 Å². The van der Waals surface area contributed by atoms with Crippen LogP contribution in [-0.2, 0) is 13.0 Å². The monoisotopic (exact) mass is 181 g/mol. The molecule has 2 N–H and O–H groups in total. The third-order valence-electron chi connectivity index (χ3n) is 2.45. The maximum atomic E-state index is 9.85. The number of hydrogen-bond donors (Lipinski definition) is 2. The second-order valence-electron chi connectivity index (χ2n) is 3.71. The topological polar surface area (TPSA) is 50.1 Å². The highest BCUT2D eigenvalue weighted by molar-refractivity contribution is 5.11. The molecule has 72 valence electrons. The van der Waals surface area contributed by atoms with Gasteiger partial charge in [0, 0.05) is 32.3 Å². The number of hydrogen-bond acceptors (Lipinski definition) is 3. The quantitative estimate of drug-likeness (QED) is 0.678. The van der Waals surface area contributed by atoms with Crippen LogP contribution in [0.4, 0.5) is 0 Å². The lowest BCUT2D eigenvalue weighted by molar-refractivity contribution is -0.00903. The van der Waals surface area contributed by atoms with Gasteiger partial charge in [-0.15, -0.1) is 0 Å². The lowest BCUT2D eigenvalue weighted by Gasteiger charge is -2.37. The molecule has 0 atom stereocenters. The van der Waals surface area contributed by atoms with Gasteiger partial charge < -0.3 is 10.4 Å². The van der Waals surface area contributed by atoms with Crippen LogP contribution in [0, 0.1) is 0 Å². The van der Waals surface area contributed by atoms with Gasteiger partial charge in [0.15, 0.2) is 0 Å². The molecule has 0 saturated carbocycles. The van der Waals surface area contributed by atoms with Crippen molar-refractivity contribution < 1.29 is 5.11 Å². The average molecular weight is 181 g/mol. The Labute approximate surface area is 77.6 Å². The molecule has 1 fully saturated rings. The molecule has 2 heterocycles. The maximum Gasteiger partial charge on any atom is 0.0936 e. The molecule has 1 aromatic heterocycles. The highest BCUT2D eigenvalue weighted by Crippen LogP contribution is 2.16. The fourth-order valence-corrected chi connectivity index (χ4v) is 1.59. The Bertz CT molecular complexity index is 291. The standard InChI is InChI=1S/C9H15N3O/c1-2-12-5-8(4-11-12)3-9(13)6-10-7-9/h4-5,10,13H,2-3,6-7H2,1H3. The fourth-order valence-electron chi connectivity index (χ4n) is 1.59. The first-order valence-electron chi connectivity index (χ1n) is 4.66. The maximum absolute atomic E-state index is 9.85. The van der Waals surface area contributed by atoms with Crippen molar-refractivity contribution >= 4 is 0 Å². The minimum atomic E-state index is -0.526. The van der Waals surface area contributed by atoms with Crippen LogP contribution in [0.5, 0.6) is 0 Å². The Morgan fingerprint density at radius 2 is 2.46 bits per heavy atom. The Morgan fingerprint density at radius 3 is 2.92 bits per heavy atom. The highest BCUT2D eigenvalue weighted by Gasteiger charge is 2.34. The molecule has 1 aromatic rings. The number of aryl methyl sites for hydroxylation is 1. The first-order chi connectivity index (χ1) is 6.22. The Morgan fingerprint density at radius 1 is 1.69 bits per heavy atom. The zero-order valence-corrected chi connectivity index (χ0v) is 7.82. The van der Waals surface area contributed by atoms with Crippen molar-refractivity contribution in [2.24, 2.45) is 0 Å². The van der Waals surface area contributed by atoms with Crippen LogP contribution in [0.25, 0.3) is 0 Å². The van der Waals surface area contributed by atoms with Crippen LogP contribution in [-0.4, -0.2) is 33.6 Å². The van der Waals surface area contributed by atoms with Gasteiger partial charge in [0.1, 0.15) is 0 Å². The third kappa shape index (κ3) is 1.73. The predicted molar refractivity (Wildman–Crippen MR) is 49.4 cm³/mol. The zero-order valence-electron chi connectivity index (χ0n) is 7.82. The van der Waals surface area contributed by atoms with E-state index in [0.29, 0.717) is 19.5 Å². The van der Waals surface area contributed by atoms with E-state index in [1.54, 1.807) is 0 Å². The molecule has 0 bridgehead atoms. The van der Waals surface area contributed by atoms with E-state index in [1.165, 1.54) is 0 Å². The molecule has 4 heteroatoms. The summed E-state index contributed by atoms with van der Waals surface area (Å²) < 4.78 is 1.88. The van der Waals surface area contributed by atoms with Gasteiger partial charge in [-0.25, -0.2) is 0 Å². The number of nitrogens with zero attached hydrogens (tertiary/aromatic N) is 2. The summed E-state index contributed by atoms with van der Waals surface area (Å²) in [5.74, 6) is 0. The summed E-state index contributed by atoms with van der Waals surface area (Å²) in [7, 11) is 0. The van der Waals surface area contributed by atoms with Crippen LogP contribution in [0.3, 0.4) is 0 Å². The lowest BCUT2D eigenvalue weighted by atomic mass is 9.90. The second kappa shape index (κ2) is 3.12. The predicted octanol–water partition coefficient (Wildman–Crippen LogP) is -0.220. The molecule has 1 aliphatic heterocycles. The van der Waals surface area contributed by atoms with Gasteiger partial charge in [0.25, 0.3) is 0 Å². The molecule has 0 aliphatic carbocycles.